The third-order valence-electron chi connectivity index (χ3n) is 2.65. The lowest BCUT2D eigenvalue weighted by Gasteiger charge is -2.19. The molecule has 0 fully saturated rings. The number of hydrogen-bond donors (Lipinski definition) is 1. The van der Waals surface area contributed by atoms with Crippen molar-refractivity contribution in [3.63, 3.8) is 0 Å². The monoisotopic (exact) mass is 230 g/mol. The molecule has 1 N–H and O–H groups in total. The average molecular weight is 230 g/mol. The van der Waals surface area contributed by atoms with Crippen molar-refractivity contribution in [3.05, 3.63) is 57.8 Å². The summed E-state index contributed by atoms with van der Waals surface area (Å²) in [6, 6.07) is 6.96. The third kappa shape index (κ3) is 2.53. The smallest absolute Gasteiger partial charge is 0.270 e. The van der Waals surface area contributed by atoms with Crippen molar-refractivity contribution in [1.29, 1.82) is 0 Å². The summed E-state index contributed by atoms with van der Waals surface area (Å²) in [5.41, 5.74) is 3.10. The van der Waals surface area contributed by atoms with Crippen molar-refractivity contribution in [2.75, 3.05) is 0 Å². The molecule has 1 aromatic rings. The van der Waals surface area contributed by atoms with E-state index in [9.17, 15) is 10.1 Å². The van der Waals surface area contributed by atoms with Crippen LogP contribution in [0.15, 0.2) is 42.1 Å². The summed E-state index contributed by atoms with van der Waals surface area (Å²) in [5, 5.41) is 14.0. The van der Waals surface area contributed by atoms with E-state index in [0.29, 0.717) is 0 Å². The fraction of sp³-hybridized carbons (Fsp3) is 0.231. The predicted molar refractivity (Wildman–Crippen MR) is 67.4 cm³/mol. The molecular formula is C13H14N2O2. The lowest BCUT2D eigenvalue weighted by atomic mass is 9.99. The number of rotatable bonds is 2. The van der Waals surface area contributed by atoms with E-state index in [1.807, 2.05) is 26.0 Å². The molecule has 2 rings (SSSR count). The van der Waals surface area contributed by atoms with Crippen molar-refractivity contribution in [2.45, 2.75) is 19.9 Å². The van der Waals surface area contributed by atoms with Crippen molar-refractivity contribution < 1.29 is 4.92 Å². The summed E-state index contributed by atoms with van der Waals surface area (Å²) in [7, 11) is 0. The van der Waals surface area contributed by atoms with E-state index in [2.05, 4.69) is 11.4 Å². The molecule has 4 nitrogen and oxygen atoms in total. The van der Waals surface area contributed by atoms with Crippen molar-refractivity contribution >= 4 is 11.3 Å². The number of benzene rings is 1. The number of dihydropyridines is 1. The first-order valence-electron chi connectivity index (χ1n) is 5.48. The minimum absolute atomic E-state index is 0.126. The lowest BCUT2D eigenvalue weighted by Crippen LogP contribution is -2.24. The molecule has 0 aliphatic carbocycles. The summed E-state index contributed by atoms with van der Waals surface area (Å²) in [4.78, 5) is 10.4. The van der Waals surface area contributed by atoms with Crippen LogP contribution in [0.3, 0.4) is 0 Å². The normalized spacial score (nSPS) is 19.1. The molecule has 0 saturated carbocycles. The minimum atomic E-state index is -0.370. The van der Waals surface area contributed by atoms with Crippen LogP contribution in [0.4, 0.5) is 5.69 Å². The quantitative estimate of drug-likeness (QED) is 0.627. The van der Waals surface area contributed by atoms with E-state index in [4.69, 9.17) is 0 Å². The number of nitro groups is 1. The van der Waals surface area contributed by atoms with Crippen LogP contribution in [0.5, 0.6) is 0 Å². The number of nitro benzene ring substituents is 1. The van der Waals surface area contributed by atoms with E-state index in [0.717, 1.165) is 16.8 Å². The molecule has 1 aromatic carbocycles. The Labute approximate surface area is 99.8 Å². The van der Waals surface area contributed by atoms with E-state index in [1.165, 1.54) is 6.07 Å². The van der Waals surface area contributed by atoms with Crippen LogP contribution in [0.25, 0.3) is 5.57 Å². The zero-order valence-electron chi connectivity index (χ0n) is 9.81. The summed E-state index contributed by atoms with van der Waals surface area (Å²) in [5.74, 6) is 0. The van der Waals surface area contributed by atoms with Crippen molar-refractivity contribution in [1.82, 2.24) is 5.32 Å². The van der Waals surface area contributed by atoms with Gasteiger partial charge in [0.2, 0.25) is 0 Å². The largest absolute Gasteiger partial charge is 0.383 e. The molecule has 0 bridgehead atoms. The van der Waals surface area contributed by atoms with Gasteiger partial charge in [0.15, 0.2) is 0 Å². The average Bonchev–Trinajstić information content (AvgIpc) is 2.28. The summed E-state index contributed by atoms with van der Waals surface area (Å²) < 4.78 is 0. The Hall–Kier alpha value is -2.10. The fourth-order valence-corrected chi connectivity index (χ4v) is 1.97. The van der Waals surface area contributed by atoms with Crippen LogP contribution < -0.4 is 5.32 Å². The molecule has 1 heterocycles. The molecule has 1 atom stereocenters. The predicted octanol–water partition coefficient (Wildman–Crippen LogP) is 2.87. The van der Waals surface area contributed by atoms with Gasteiger partial charge in [0.1, 0.15) is 0 Å². The maximum Gasteiger partial charge on any atom is 0.270 e. The first kappa shape index (κ1) is 11.4. The van der Waals surface area contributed by atoms with Gasteiger partial charge in [-0.15, -0.1) is 0 Å². The Balaban J connectivity index is 2.40. The zero-order valence-corrected chi connectivity index (χ0v) is 9.81. The second kappa shape index (κ2) is 4.41. The van der Waals surface area contributed by atoms with Crippen LogP contribution >= 0.6 is 0 Å². The first-order valence-corrected chi connectivity index (χ1v) is 5.48. The van der Waals surface area contributed by atoms with Gasteiger partial charge >= 0.3 is 0 Å². The topological polar surface area (TPSA) is 55.2 Å². The molecule has 1 aliphatic heterocycles. The summed E-state index contributed by atoms with van der Waals surface area (Å²) in [6.45, 7) is 4.04. The Bertz CT molecular complexity index is 518. The van der Waals surface area contributed by atoms with Crippen LogP contribution in [-0.4, -0.2) is 11.0 Å². The van der Waals surface area contributed by atoms with Crippen LogP contribution in [0.2, 0.25) is 0 Å². The Kier molecular flexibility index (Phi) is 2.95. The van der Waals surface area contributed by atoms with Gasteiger partial charge in [-0.1, -0.05) is 18.2 Å². The molecule has 1 aliphatic rings. The number of hydrogen-bond acceptors (Lipinski definition) is 3. The van der Waals surface area contributed by atoms with E-state index in [1.54, 1.807) is 12.1 Å². The van der Waals surface area contributed by atoms with Crippen molar-refractivity contribution in [2.24, 2.45) is 0 Å². The van der Waals surface area contributed by atoms with Crippen molar-refractivity contribution in [3.8, 4) is 0 Å². The standard InChI is InChI=1S/C13H14N2O2/c1-9-6-12(7-10(2)14-9)11-4-3-5-13(8-11)15(16)17/h3-9,14H,1-2H3. The van der Waals surface area contributed by atoms with Gasteiger partial charge in [0.25, 0.3) is 5.69 Å². The van der Waals surface area contributed by atoms with Gasteiger partial charge in [0, 0.05) is 23.9 Å². The number of nitrogens with one attached hydrogen (secondary N) is 1. The number of allylic oxidation sites excluding steroid dienone is 3. The van der Waals surface area contributed by atoms with Crippen LogP contribution in [0, 0.1) is 10.1 Å². The maximum absolute atomic E-state index is 10.7. The zero-order chi connectivity index (χ0) is 12.4. The molecule has 1 unspecified atom stereocenters. The van der Waals surface area contributed by atoms with Gasteiger partial charge in [-0.05, 0) is 31.1 Å². The fourth-order valence-electron chi connectivity index (χ4n) is 1.97. The minimum Gasteiger partial charge on any atom is -0.383 e. The molecular weight excluding hydrogens is 216 g/mol. The van der Waals surface area contributed by atoms with E-state index in [-0.39, 0.29) is 16.7 Å². The van der Waals surface area contributed by atoms with Gasteiger partial charge in [-0.3, -0.25) is 10.1 Å². The molecule has 17 heavy (non-hydrogen) atoms. The molecule has 0 aromatic heterocycles. The lowest BCUT2D eigenvalue weighted by molar-refractivity contribution is -0.384. The molecule has 88 valence electrons. The highest BCUT2D eigenvalue weighted by molar-refractivity contribution is 5.77. The second-order valence-electron chi connectivity index (χ2n) is 4.19. The van der Waals surface area contributed by atoms with Gasteiger partial charge in [-0.2, -0.15) is 0 Å². The highest BCUT2D eigenvalue weighted by atomic mass is 16.6. The highest BCUT2D eigenvalue weighted by Crippen LogP contribution is 2.24. The van der Waals surface area contributed by atoms with Crippen LogP contribution in [0.1, 0.15) is 19.4 Å². The molecule has 0 saturated heterocycles. The van der Waals surface area contributed by atoms with E-state index >= 15 is 0 Å². The number of non-ortho nitro benzene ring substituents is 1. The maximum atomic E-state index is 10.7. The molecule has 4 heteroatoms. The third-order valence-corrected chi connectivity index (χ3v) is 2.65. The highest BCUT2D eigenvalue weighted by Gasteiger charge is 2.12. The Morgan fingerprint density at radius 2 is 2.18 bits per heavy atom. The van der Waals surface area contributed by atoms with Gasteiger partial charge < -0.3 is 5.32 Å². The van der Waals surface area contributed by atoms with Crippen LogP contribution in [-0.2, 0) is 0 Å². The van der Waals surface area contributed by atoms with E-state index < -0.39 is 0 Å². The molecule has 0 amide bonds. The first-order chi connectivity index (χ1) is 8.06. The molecule has 0 spiro atoms. The number of nitrogens with zero attached hydrogens (tertiary/aromatic N) is 1. The second-order valence-corrected chi connectivity index (χ2v) is 4.19. The van der Waals surface area contributed by atoms with Gasteiger partial charge in [0.05, 0.1) is 4.92 Å². The summed E-state index contributed by atoms with van der Waals surface area (Å²) in [6.07, 6.45) is 4.06. The molecule has 0 radical (unpaired) electrons. The Morgan fingerprint density at radius 3 is 2.82 bits per heavy atom. The Morgan fingerprint density at radius 1 is 1.41 bits per heavy atom. The SMILES string of the molecule is CC1=CC(c2cccc([N+](=O)[O-])c2)=CC(C)N1. The van der Waals surface area contributed by atoms with Gasteiger partial charge in [-0.25, -0.2) is 0 Å². The summed E-state index contributed by atoms with van der Waals surface area (Å²) >= 11 is 0.